The van der Waals surface area contributed by atoms with Crippen LogP contribution in [0.25, 0.3) is 0 Å². The molecule has 82 valence electrons. The molecule has 0 aliphatic rings. The van der Waals surface area contributed by atoms with Gasteiger partial charge in [0.1, 0.15) is 12.1 Å². The van der Waals surface area contributed by atoms with Crippen LogP contribution in [-0.2, 0) is 9.59 Å². The van der Waals surface area contributed by atoms with Crippen molar-refractivity contribution in [2.75, 3.05) is 0 Å². The molecule has 0 aromatic heterocycles. The molecule has 0 fully saturated rings. The Hall–Kier alpha value is -1.14. The number of aliphatic carboxylic acids is 2. The summed E-state index contributed by atoms with van der Waals surface area (Å²) in [5.41, 5.74) is 6.77. The maximum absolute atomic E-state index is 10.2. The van der Waals surface area contributed by atoms with Gasteiger partial charge in [0.05, 0.1) is 11.9 Å². The van der Waals surface area contributed by atoms with E-state index in [-0.39, 0.29) is 0 Å². The van der Waals surface area contributed by atoms with Crippen LogP contribution in [0.3, 0.4) is 0 Å². The molecule has 6 nitrogen and oxygen atoms in total. The Morgan fingerprint density at radius 3 is 1.43 bits per heavy atom. The zero-order chi connectivity index (χ0) is 11.1. The molecule has 14 heavy (non-hydrogen) atoms. The summed E-state index contributed by atoms with van der Waals surface area (Å²) in [5, 5.41) is 20.5. The number of quaternary nitrogens is 2. The predicted molar refractivity (Wildman–Crippen MR) is 41.8 cm³/mol. The van der Waals surface area contributed by atoms with Gasteiger partial charge in [-0.25, -0.2) is 0 Å². The van der Waals surface area contributed by atoms with Crippen LogP contribution in [0.2, 0.25) is 0 Å². The normalized spacial score (nSPS) is 14.7. The van der Waals surface area contributed by atoms with E-state index in [1.807, 2.05) is 0 Å². The molecule has 0 saturated carbocycles. The Morgan fingerprint density at radius 2 is 1.21 bits per heavy atom. The second kappa shape index (κ2) is 6.33. The molecule has 0 rings (SSSR count). The van der Waals surface area contributed by atoms with Crippen LogP contribution < -0.4 is 21.7 Å². The predicted octanol–water partition coefficient (Wildman–Crippen LogP) is -4.73. The minimum Gasteiger partial charge on any atom is -0.544 e. The van der Waals surface area contributed by atoms with Gasteiger partial charge in [-0.05, 0) is 12.8 Å². The van der Waals surface area contributed by atoms with Crippen molar-refractivity contribution in [1.29, 1.82) is 0 Å². The molecule has 0 aliphatic heterocycles. The molecule has 0 spiro atoms. The standard InChI is InChI=1S/C8H16N2O4/c9-5(7(11)12)3-1-2-4-6(10)8(13)14/h5-6H,1-4,9-10H2,(H,11,12)(H,13,14)/t5-,6+. The van der Waals surface area contributed by atoms with Crippen molar-refractivity contribution in [3.8, 4) is 0 Å². The van der Waals surface area contributed by atoms with Crippen LogP contribution in [0.15, 0.2) is 0 Å². The molecule has 2 atom stereocenters. The molecule has 6 heteroatoms. The molecule has 0 aliphatic carbocycles. The van der Waals surface area contributed by atoms with Gasteiger partial charge in [0.2, 0.25) is 0 Å². The minimum absolute atomic E-state index is 0.405. The molecule has 0 radical (unpaired) electrons. The first-order valence-electron chi connectivity index (χ1n) is 4.53. The molecule has 0 aromatic carbocycles. The summed E-state index contributed by atoms with van der Waals surface area (Å²) < 4.78 is 0. The van der Waals surface area contributed by atoms with Crippen molar-refractivity contribution in [3.05, 3.63) is 0 Å². The Balaban J connectivity index is 3.47. The number of carboxylic acids is 2. The van der Waals surface area contributed by atoms with Gasteiger partial charge in [0, 0.05) is 12.8 Å². The molecule has 0 amide bonds. The van der Waals surface area contributed by atoms with Crippen molar-refractivity contribution in [2.45, 2.75) is 37.8 Å². The van der Waals surface area contributed by atoms with Gasteiger partial charge < -0.3 is 31.3 Å². The third-order valence-corrected chi connectivity index (χ3v) is 2.02. The molecule has 0 heterocycles. The molecule has 6 N–H and O–H groups in total. The van der Waals surface area contributed by atoms with Gasteiger partial charge in [0.15, 0.2) is 0 Å². The molecule has 0 unspecified atom stereocenters. The monoisotopic (exact) mass is 204 g/mol. The lowest BCUT2D eigenvalue weighted by atomic mass is 10.1. The molecule has 0 bridgehead atoms. The Kier molecular flexibility index (Phi) is 5.82. The van der Waals surface area contributed by atoms with E-state index in [0.29, 0.717) is 25.7 Å². The van der Waals surface area contributed by atoms with Crippen LogP contribution >= 0.6 is 0 Å². The number of hydrogen-bond acceptors (Lipinski definition) is 4. The fourth-order valence-corrected chi connectivity index (χ4v) is 1.02. The number of rotatable bonds is 7. The van der Waals surface area contributed by atoms with E-state index in [9.17, 15) is 19.8 Å². The Morgan fingerprint density at radius 1 is 0.929 bits per heavy atom. The largest absolute Gasteiger partial charge is 0.544 e. The van der Waals surface area contributed by atoms with Crippen molar-refractivity contribution >= 4 is 11.9 Å². The van der Waals surface area contributed by atoms with E-state index in [0.717, 1.165) is 0 Å². The smallest absolute Gasteiger partial charge is 0.124 e. The molecular weight excluding hydrogens is 188 g/mol. The Bertz CT molecular complexity index is 186. The highest BCUT2D eigenvalue weighted by molar-refractivity contribution is 5.69. The summed E-state index contributed by atoms with van der Waals surface area (Å²) in [6, 6.07) is -1.44. The summed E-state index contributed by atoms with van der Waals surface area (Å²) in [5.74, 6) is -2.34. The molecule has 0 saturated heterocycles. The first-order chi connectivity index (χ1) is 6.45. The van der Waals surface area contributed by atoms with Crippen molar-refractivity contribution in [3.63, 3.8) is 0 Å². The third-order valence-electron chi connectivity index (χ3n) is 2.02. The maximum atomic E-state index is 10.2. The first-order valence-corrected chi connectivity index (χ1v) is 4.53. The zero-order valence-electron chi connectivity index (χ0n) is 8.03. The quantitative estimate of drug-likeness (QED) is 0.402. The Labute approximate surface area is 81.9 Å². The zero-order valence-corrected chi connectivity index (χ0v) is 8.03. The number of unbranched alkanes of at least 4 members (excludes halogenated alkanes) is 1. The highest BCUT2D eigenvalue weighted by Gasteiger charge is 2.09. The summed E-state index contributed by atoms with van der Waals surface area (Å²) in [7, 11) is 0. The van der Waals surface area contributed by atoms with Gasteiger partial charge in [-0.1, -0.05) is 0 Å². The van der Waals surface area contributed by atoms with Gasteiger partial charge in [-0.15, -0.1) is 0 Å². The average Bonchev–Trinajstić information content (AvgIpc) is 2.11. The summed E-state index contributed by atoms with van der Waals surface area (Å²) in [6.07, 6.45) is 2.03. The molecular formula is C8H16N2O4. The van der Waals surface area contributed by atoms with E-state index < -0.39 is 24.0 Å². The fraction of sp³-hybridized carbons (Fsp3) is 0.750. The van der Waals surface area contributed by atoms with Gasteiger partial charge in [-0.2, -0.15) is 0 Å². The van der Waals surface area contributed by atoms with Gasteiger partial charge >= 0.3 is 0 Å². The highest BCUT2D eigenvalue weighted by Crippen LogP contribution is 2.02. The van der Waals surface area contributed by atoms with E-state index in [1.165, 1.54) is 0 Å². The van der Waals surface area contributed by atoms with Crippen LogP contribution in [0, 0.1) is 0 Å². The average molecular weight is 204 g/mol. The van der Waals surface area contributed by atoms with Gasteiger partial charge in [-0.3, -0.25) is 0 Å². The van der Waals surface area contributed by atoms with Crippen LogP contribution in [-0.4, -0.2) is 24.0 Å². The number of carboxylic acid groups (broad SMARTS) is 2. The highest BCUT2D eigenvalue weighted by atomic mass is 16.4. The summed E-state index contributed by atoms with van der Waals surface area (Å²) in [6.45, 7) is 0. The maximum Gasteiger partial charge on any atom is 0.124 e. The third kappa shape index (κ3) is 5.50. The van der Waals surface area contributed by atoms with E-state index in [1.54, 1.807) is 0 Å². The number of hydrogen-bond donors (Lipinski definition) is 2. The van der Waals surface area contributed by atoms with E-state index in [4.69, 9.17) is 0 Å². The fourth-order valence-electron chi connectivity index (χ4n) is 1.02. The summed E-state index contributed by atoms with van der Waals surface area (Å²) >= 11 is 0. The SMILES string of the molecule is [NH3+][C@H](CCCC[C@H]([NH3+])C(=O)[O-])C(=O)[O-]. The lowest BCUT2D eigenvalue weighted by molar-refractivity contribution is -0.441. The van der Waals surface area contributed by atoms with Gasteiger partial charge in [0.25, 0.3) is 0 Å². The number of carbonyl (C=O) groups excluding carboxylic acids is 2. The van der Waals surface area contributed by atoms with E-state index in [2.05, 4.69) is 11.5 Å². The molecule has 0 aromatic rings. The van der Waals surface area contributed by atoms with Crippen LogP contribution in [0.1, 0.15) is 25.7 Å². The van der Waals surface area contributed by atoms with Crippen molar-refractivity contribution < 1.29 is 31.3 Å². The topological polar surface area (TPSA) is 136 Å². The first kappa shape index (κ1) is 12.9. The van der Waals surface area contributed by atoms with E-state index >= 15 is 0 Å². The van der Waals surface area contributed by atoms with Crippen molar-refractivity contribution in [2.24, 2.45) is 0 Å². The minimum atomic E-state index is -1.17. The second-order valence-corrected chi connectivity index (χ2v) is 3.32. The summed E-state index contributed by atoms with van der Waals surface area (Å²) in [4.78, 5) is 20.5. The second-order valence-electron chi connectivity index (χ2n) is 3.32. The number of carbonyl (C=O) groups is 2. The lowest BCUT2D eigenvalue weighted by Gasteiger charge is -2.10. The van der Waals surface area contributed by atoms with Crippen molar-refractivity contribution in [1.82, 2.24) is 0 Å². The van der Waals surface area contributed by atoms with Crippen LogP contribution in [0.4, 0.5) is 0 Å². The van der Waals surface area contributed by atoms with Crippen LogP contribution in [0.5, 0.6) is 0 Å². The lowest BCUT2D eigenvalue weighted by Crippen LogP contribution is -2.68.